The van der Waals surface area contributed by atoms with E-state index in [9.17, 15) is 0 Å². The first-order valence-electron chi connectivity index (χ1n) is 6.69. The van der Waals surface area contributed by atoms with Crippen molar-refractivity contribution >= 4 is 27.5 Å². The van der Waals surface area contributed by atoms with Gasteiger partial charge in [0.05, 0.1) is 6.10 Å². The minimum absolute atomic E-state index is 0.187. The zero-order chi connectivity index (χ0) is 14.5. The topological polar surface area (TPSA) is 9.23 Å². The summed E-state index contributed by atoms with van der Waals surface area (Å²) in [6.07, 6.45) is 1.08. The van der Waals surface area contributed by atoms with E-state index in [0.717, 1.165) is 17.2 Å². The van der Waals surface area contributed by atoms with E-state index in [2.05, 4.69) is 34.1 Å². The Morgan fingerprint density at radius 2 is 1.85 bits per heavy atom. The number of alkyl halides is 1. The van der Waals surface area contributed by atoms with E-state index in [0.29, 0.717) is 0 Å². The van der Waals surface area contributed by atoms with Crippen molar-refractivity contribution in [3.63, 3.8) is 0 Å². The van der Waals surface area contributed by atoms with Crippen molar-refractivity contribution in [2.75, 3.05) is 0 Å². The van der Waals surface area contributed by atoms with Gasteiger partial charge in [-0.2, -0.15) is 0 Å². The largest absolute Gasteiger partial charge is 0.491 e. The maximum absolute atomic E-state index is 6.02. The monoisotopic (exact) mass is 352 g/mol. The fourth-order valence-electron chi connectivity index (χ4n) is 2.04. The third-order valence-corrected chi connectivity index (χ3v) is 3.98. The van der Waals surface area contributed by atoms with E-state index in [4.69, 9.17) is 16.3 Å². The molecule has 1 nitrogen and oxygen atoms in total. The lowest BCUT2D eigenvalue weighted by Crippen LogP contribution is -2.06. The van der Waals surface area contributed by atoms with Crippen LogP contribution in [-0.4, -0.2) is 6.10 Å². The lowest BCUT2D eigenvalue weighted by Gasteiger charge is -2.14. The summed E-state index contributed by atoms with van der Waals surface area (Å²) in [5.74, 6) is 0.910. The highest BCUT2D eigenvalue weighted by Crippen LogP contribution is 2.30. The zero-order valence-electron chi connectivity index (χ0n) is 11.6. The van der Waals surface area contributed by atoms with Crippen LogP contribution in [0, 0.1) is 0 Å². The van der Waals surface area contributed by atoms with Crippen LogP contribution in [-0.2, 0) is 6.42 Å². The molecule has 0 aliphatic carbocycles. The molecule has 0 fully saturated rings. The molecule has 20 heavy (non-hydrogen) atoms. The molecule has 1 atom stereocenters. The van der Waals surface area contributed by atoms with Crippen LogP contribution < -0.4 is 4.74 Å². The molecule has 2 aromatic carbocycles. The quantitative estimate of drug-likeness (QED) is 0.617. The van der Waals surface area contributed by atoms with E-state index in [1.54, 1.807) is 0 Å². The zero-order valence-corrected chi connectivity index (χ0v) is 14.0. The molecule has 0 aromatic heterocycles. The number of halogens is 2. The van der Waals surface area contributed by atoms with Crippen LogP contribution in [0.15, 0.2) is 48.5 Å². The lowest BCUT2D eigenvalue weighted by atomic mass is 10.0. The van der Waals surface area contributed by atoms with Crippen molar-refractivity contribution in [2.24, 2.45) is 0 Å². The Labute approximate surface area is 134 Å². The number of benzene rings is 2. The average molecular weight is 354 g/mol. The summed E-state index contributed by atoms with van der Waals surface area (Å²) in [7, 11) is 0. The summed E-state index contributed by atoms with van der Waals surface area (Å²) in [6, 6.07) is 16.2. The maximum atomic E-state index is 6.02. The minimum Gasteiger partial charge on any atom is -0.491 e. The third-order valence-electron chi connectivity index (χ3n) is 2.90. The van der Waals surface area contributed by atoms with Gasteiger partial charge in [0.1, 0.15) is 5.75 Å². The van der Waals surface area contributed by atoms with Crippen LogP contribution in [0.3, 0.4) is 0 Å². The van der Waals surface area contributed by atoms with Crippen LogP contribution in [0.4, 0.5) is 0 Å². The maximum Gasteiger partial charge on any atom is 0.119 e. The van der Waals surface area contributed by atoms with Gasteiger partial charge in [-0.05, 0) is 55.7 Å². The van der Waals surface area contributed by atoms with E-state index in [1.807, 2.05) is 44.2 Å². The van der Waals surface area contributed by atoms with Gasteiger partial charge in [-0.25, -0.2) is 0 Å². The molecule has 0 radical (unpaired) electrons. The first-order valence-corrected chi connectivity index (χ1v) is 7.99. The Bertz CT molecular complexity index is 568. The molecule has 0 N–H and O–H groups in total. The highest BCUT2D eigenvalue weighted by atomic mass is 79.9. The standard InChI is InChI=1S/C17H18BrClO/c1-12(2)20-16-8-4-6-14(11-16)17(18)10-13-5-3-7-15(19)9-13/h3-9,11-12,17H,10H2,1-2H3. The summed E-state index contributed by atoms with van der Waals surface area (Å²) in [5, 5.41) is 0.777. The van der Waals surface area contributed by atoms with Gasteiger partial charge in [0.25, 0.3) is 0 Å². The molecule has 0 aliphatic rings. The van der Waals surface area contributed by atoms with Gasteiger partial charge in [-0.15, -0.1) is 0 Å². The number of hydrogen-bond donors (Lipinski definition) is 0. The Kier molecular flexibility index (Phi) is 5.50. The average Bonchev–Trinajstić information content (AvgIpc) is 2.38. The normalized spacial score (nSPS) is 12.4. The van der Waals surface area contributed by atoms with Crippen LogP contribution in [0.1, 0.15) is 29.8 Å². The number of rotatable bonds is 5. The molecule has 1 unspecified atom stereocenters. The Balaban J connectivity index is 2.10. The smallest absolute Gasteiger partial charge is 0.119 e. The fraction of sp³-hybridized carbons (Fsp3) is 0.294. The van der Waals surface area contributed by atoms with Crippen molar-refractivity contribution in [1.29, 1.82) is 0 Å². The Morgan fingerprint density at radius 3 is 2.55 bits per heavy atom. The molecule has 3 heteroatoms. The molecule has 0 heterocycles. The minimum atomic E-state index is 0.187. The number of hydrogen-bond acceptors (Lipinski definition) is 1. The Hall–Kier alpha value is -0.990. The van der Waals surface area contributed by atoms with Crippen LogP contribution in [0.25, 0.3) is 0 Å². The molecule has 106 valence electrons. The van der Waals surface area contributed by atoms with Gasteiger partial charge >= 0.3 is 0 Å². The highest BCUT2D eigenvalue weighted by molar-refractivity contribution is 9.09. The Morgan fingerprint density at radius 1 is 1.10 bits per heavy atom. The van der Waals surface area contributed by atoms with Gasteiger partial charge in [-0.3, -0.25) is 0 Å². The van der Waals surface area contributed by atoms with Gasteiger partial charge in [0, 0.05) is 9.85 Å². The fourth-order valence-corrected chi connectivity index (χ4v) is 2.92. The van der Waals surface area contributed by atoms with Crippen molar-refractivity contribution in [3.8, 4) is 5.75 Å². The second-order valence-corrected chi connectivity index (χ2v) is 6.58. The van der Waals surface area contributed by atoms with Crippen molar-refractivity contribution in [1.82, 2.24) is 0 Å². The third kappa shape index (κ3) is 4.53. The van der Waals surface area contributed by atoms with Crippen molar-refractivity contribution < 1.29 is 4.74 Å². The summed E-state index contributed by atoms with van der Waals surface area (Å²) in [5.41, 5.74) is 2.43. The van der Waals surface area contributed by atoms with Gasteiger partial charge in [-0.1, -0.05) is 51.8 Å². The van der Waals surface area contributed by atoms with Gasteiger partial charge in [0.15, 0.2) is 0 Å². The van der Waals surface area contributed by atoms with Crippen LogP contribution in [0.2, 0.25) is 5.02 Å². The van der Waals surface area contributed by atoms with E-state index < -0.39 is 0 Å². The molecule has 0 amide bonds. The van der Waals surface area contributed by atoms with Crippen molar-refractivity contribution in [3.05, 3.63) is 64.7 Å². The highest BCUT2D eigenvalue weighted by Gasteiger charge is 2.10. The molecule has 0 saturated carbocycles. The molecular formula is C17H18BrClO. The summed E-state index contributed by atoms with van der Waals surface area (Å²) < 4.78 is 5.73. The van der Waals surface area contributed by atoms with E-state index >= 15 is 0 Å². The molecule has 0 saturated heterocycles. The molecule has 0 aliphatic heterocycles. The molecule has 2 rings (SSSR count). The van der Waals surface area contributed by atoms with E-state index in [-0.39, 0.29) is 10.9 Å². The molecule has 2 aromatic rings. The molecule has 0 bridgehead atoms. The predicted octanol–water partition coefficient (Wildman–Crippen LogP) is 5.81. The van der Waals surface area contributed by atoms with Crippen LogP contribution >= 0.6 is 27.5 Å². The lowest BCUT2D eigenvalue weighted by molar-refractivity contribution is 0.242. The summed E-state index contributed by atoms with van der Waals surface area (Å²) >= 11 is 9.77. The first kappa shape index (κ1) is 15.4. The summed E-state index contributed by atoms with van der Waals surface area (Å²) in [6.45, 7) is 4.06. The number of ether oxygens (including phenoxy) is 1. The summed E-state index contributed by atoms with van der Waals surface area (Å²) in [4.78, 5) is 0.247. The van der Waals surface area contributed by atoms with Crippen LogP contribution in [0.5, 0.6) is 5.75 Å². The molecular weight excluding hydrogens is 336 g/mol. The van der Waals surface area contributed by atoms with Crippen molar-refractivity contribution in [2.45, 2.75) is 31.2 Å². The second kappa shape index (κ2) is 7.14. The second-order valence-electron chi connectivity index (χ2n) is 5.04. The van der Waals surface area contributed by atoms with Gasteiger partial charge in [0.2, 0.25) is 0 Å². The SMILES string of the molecule is CC(C)Oc1cccc(C(Br)Cc2cccc(Cl)c2)c1. The first-order chi connectivity index (χ1) is 9.54. The predicted molar refractivity (Wildman–Crippen MR) is 89.0 cm³/mol. The van der Waals surface area contributed by atoms with Gasteiger partial charge < -0.3 is 4.74 Å². The molecule has 0 spiro atoms. The van der Waals surface area contributed by atoms with E-state index in [1.165, 1.54) is 11.1 Å².